The molecule has 2 heteroatoms. The number of hydrogen-bond donors (Lipinski definition) is 0. The Morgan fingerprint density at radius 1 is 0.324 bits per heavy atom. The predicted octanol–water partition coefficient (Wildman–Crippen LogP) is 17.8. The molecule has 0 bridgehead atoms. The van der Waals surface area contributed by atoms with Gasteiger partial charge in [0.25, 0.3) is 0 Å². The first kappa shape index (κ1) is 39.6. The Morgan fingerprint density at radius 3 is 1.26 bits per heavy atom. The van der Waals surface area contributed by atoms with Crippen LogP contribution in [-0.2, 0) is 0 Å². The van der Waals surface area contributed by atoms with E-state index in [2.05, 4.69) is 270 Å². The molecule has 10 aromatic carbocycles. The van der Waals surface area contributed by atoms with E-state index in [1.165, 1.54) is 93.4 Å². The van der Waals surface area contributed by atoms with E-state index in [0.29, 0.717) is 0 Å². The molecule has 1 aliphatic rings. The van der Waals surface area contributed by atoms with Gasteiger partial charge < -0.3 is 9.13 Å². The van der Waals surface area contributed by atoms with E-state index in [-0.39, 0.29) is 5.92 Å². The minimum absolute atomic E-state index is 0.252. The summed E-state index contributed by atoms with van der Waals surface area (Å²) in [6, 6.07) is 87.4. The fourth-order valence-corrected chi connectivity index (χ4v) is 11.0. The van der Waals surface area contributed by atoms with E-state index in [4.69, 9.17) is 0 Å². The highest BCUT2D eigenvalue weighted by Crippen LogP contribution is 2.49. The lowest BCUT2D eigenvalue weighted by atomic mass is 9.83. The fraction of sp³-hybridized carbons (Fsp3) is 0.0303. The number of nitrogens with zero attached hydrogens (tertiary/aromatic N) is 2. The Kier molecular flexibility index (Phi) is 9.68. The van der Waals surface area contributed by atoms with Gasteiger partial charge in [-0.25, -0.2) is 0 Å². The van der Waals surface area contributed by atoms with E-state index >= 15 is 0 Å². The summed E-state index contributed by atoms with van der Waals surface area (Å²) in [5.41, 5.74) is 15.5. The first-order valence-electron chi connectivity index (χ1n) is 23.7. The molecular weight excluding hydrogens is 821 g/mol. The van der Waals surface area contributed by atoms with Gasteiger partial charge in [0.05, 0.1) is 17.1 Å². The van der Waals surface area contributed by atoms with Crippen molar-refractivity contribution in [2.24, 2.45) is 0 Å². The fourth-order valence-electron chi connectivity index (χ4n) is 11.0. The van der Waals surface area contributed by atoms with Gasteiger partial charge in [0.2, 0.25) is 0 Å². The molecule has 0 amide bonds. The van der Waals surface area contributed by atoms with Crippen LogP contribution in [0, 0.1) is 0 Å². The summed E-state index contributed by atoms with van der Waals surface area (Å²) >= 11 is 0. The maximum atomic E-state index is 2.52. The first-order chi connectivity index (χ1) is 33.8. The van der Waals surface area contributed by atoms with Crippen molar-refractivity contribution in [3.8, 4) is 67.4 Å². The van der Waals surface area contributed by atoms with Crippen LogP contribution in [0.5, 0.6) is 0 Å². The van der Waals surface area contributed by atoms with Gasteiger partial charge >= 0.3 is 0 Å². The van der Waals surface area contributed by atoms with Gasteiger partial charge in [-0.3, -0.25) is 0 Å². The molecule has 2 aromatic heterocycles. The van der Waals surface area contributed by atoms with Crippen LogP contribution < -0.4 is 0 Å². The van der Waals surface area contributed by atoms with Gasteiger partial charge in [-0.15, -0.1) is 0 Å². The maximum absolute atomic E-state index is 2.52. The molecule has 320 valence electrons. The van der Waals surface area contributed by atoms with Gasteiger partial charge in [-0.05, 0) is 137 Å². The first-order valence-corrected chi connectivity index (χ1v) is 23.7. The van der Waals surface area contributed by atoms with Crippen molar-refractivity contribution in [3.05, 3.63) is 267 Å². The minimum Gasteiger partial charge on any atom is -0.313 e. The van der Waals surface area contributed by atoms with Crippen molar-refractivity contribution in [3.63, 3.8) is 0 Å². The highest BCUT2D eigenvalue weighted by molar-refractivity contribution is 6.25. The molecule has 0 saturated heterocycles. The number of aromatic nitrogens is 2. The highest BCUT2D eigenvalue weighted by atomic mass is 15.0. The second kappa shape index (κ2) is 16.6. The monoisotopic (exact) mass is 866 g/mol. The predicted molar refractivity (Wildman–Crippen MR) is 288 cm³/mol. The SMILES string of the molecule is C1=CCC(c2ccc(-c3ccccc3)n2-c2ccc3c(-c4cccc5ccccc45)c4cc(-n5c(-c6ccccc6)ccc5-c5ccccc5)ccc4c(-c4cccc5ccccc45)c3c2)C=C1. The van der Waals surface area contributed by atoms with Gasteiger partial charge in [0.15, 0.2) is 0 Å². The van der Waals surface area contributed by atoms with E-state index in [1.807, 2.05) is 0 Å². The zero-order valence-corrected chi connectivity index (χ0v) is 37.5. The zero-order valence-electron chi connectivity index (χ0n) is 37.5. The molecular formula is C66H46N2. The van der Waals surface area contributed by atoms with Gasteiger partial charge in [-0.1, -0.05) is 212 Å². The number of rotatable bonds is 8. The number of fused-ring (bicyclic) bond motifs is 4. The third-order valence-corrected chi connectivity index (χ3v) is 14.1. The van der Waals surface area contributed by atoms with Gasteiger partial charge in [0, 0.05) is 23.0 Å². The third kappa shape index (κ3) is 6.64. The Balaban J connectivity index is 1.18. The summed E-state index contributed by atoms with van der Waals surface area (Å²) < 4.78 is 4.97. The number of benzene rings is 10. The summed E-state index contributed by atoms with van der Waals surface area (Å²) in [5.74, 6) is 0.252. The smallest absolute Gasteiger partial charge is 0.0535 e. The standard InChI is InChI=1S/C66H46N2/c1-5-21-47(22-6-1)61-39-40-62(48-23-7-2-8-24-48)67(61)51-35-37-57-59(43-51)65(55-33-17-29-45-19-13-15-31-53(45)55)58-38-36-52(44-60(58)66(57)56-34-18-30-46-20-14-16-32-54(46)56)68-63(49-25-9-3-10-26-49)41-42-64(68)50-27-11-4-12-28-50/h1-27,29-44,50H,28H2. The summed E-state index contributed by atoms with van der Waals surface area (Å²) in [6.45, 7) is 0. The molecule has 2 nitrogen and oxygen atoms in total. The molecule has 0 N–H and O–H groups in total. The second-order valence-electron chi connectivity index (χ2n) is 17.9. The van der Waals surface area contributed by atoms with Crippen molar-refractivity contribution < 1.29 is 0 Å². The molecule has 1 aliphatic carbocycles. The summed E-state index contributed by atoms with van der Waals surface area (Å²) in [5, 5.41) is 9.77. The summed E-state index contributed by atoms with van der Waals surface area (Å²) in [4.78, 5) is 0. The Hall–Kier alpha value is -8.72. The molecule has 0 saturated carbocycles. The minimum atomic E-state index is 0.252. The lowest BCUT2D eigenvalue weighted by molar-refractivity contribution is 0.786. The zero-order chi connectivity index (χ0) is 45.0. The van der Waals surface area contributed by atoms with Crippen molar-refractivity contribution in [2.45, 2.75) is 12.3 Å². The summed E-state index contributed by atoms with van der Waals surface area (Å²) in [6.07, 6.45) is 9.97. The van der Waals surface area contributed by atoms with Gasteiger partial charge in [-0.2, -0.15) is 0 Å². The van der Waals surface area contributed by atoms with Crippen LogP contribution in [0.1, 0.15) is 18.0 Å². The van der Waals surface area contributed by atoms with Crippen LogP contribution >= 0.6 is 0 Å². The molecule has 0 spiro atoms. The molecule has 1 atom stereocenters. The quantitative estimate of drug-likeness (QED) is 0.135. The van der Waals surface area contributed by atoms with Gasteiger partial charge in [0.1, 0.15) is 0 Å². The molecule has 12 aromatic rings. The molecule has 2 heterocycles. The van der Waals surface area contributed by atoms with Crippen LogP contribution in [0.3, 0.4) is 0 Å². The lowest BCUT2D eigenvalue weighted by Crippen LogP contribution is -2.07. The van der Waals surface area contributed by atoms with E-state index in [9.17, 15) is 0 Å². The van der Waals surface area contributed by atoms with E-state index in [0.717, 1.165) is 29.2 Å². The van der Waals surface area contributed by atoms with Crippen molar-refractivity contribution in [2.75, 3.05) is 0 Å². The van der Waals surface area contributed by atoms with Crippen LogP contribution in [0.4, 0.5) is 0 Å². The normalized spacial score (nSPS) is 13.6. The highest BCUT2D eigenvalue weighted by Gasteiger charge is 2.24. The summed E-state index contributed by atoms with van der Waals surface area (Å²) in [7, 11) is 0. The maximum Gasteiger partial charge on any atom is 0.0535 e. The largest absolute Gasteiger partial charge is 0.313 e. The van der Waals surface area contributed by atoms with Crippen LogP contribution in [0.15, 0.2) is 261 Å². The van der Waals surface area contributed by atoms with Crippen LogP contribution in [-0.4, -0.2) is 9.13 Å². The van der Waals surface area contributed by atoms with Crippen molar-refractivity contribution in [1.82, 2.24) is 9.13 Å². The molecule has 1 unspecified atom stereocenters. The molecule has 0 aliphatic heterocycles. The van der Waals surface area contributed by atoms with Crippen molar-refractivity contribution in [1.29, 1.82) is 0 Å². The Morgan fingerprint density at radius 2 is 0.765 bits per heavy atom. The molecule has 68 heavy (non-hydrogen) atoms. The van der Waals surface area contributed by atoms with Crippen LogP contribution in [0.2, 0.25) is 0 Å². The average Bonchev–Trinajstić information content (AvgIpc) is 4.07. The molecule has 0 radical (unpaired) electrons. The number of hydrogen-bond acceptors (Lipinski definition) is 0. The van der Waals surface area contributed by atoms with E-state index in [1.54, 1.807) is 0 Å². The second-order valence-corrected chi connectivity index (χ2v) is 17.9. The lowest BCUT2D eigenvalue weighted by Gasteiger charge is -2.23. The van der Waals surface area contributed by atoms with E-state index < -0.39 is 0 Å². The Labute approximate surface area is 396 Å². The molecule has 13 rings (SSSR count). The molecule has 0 fully saturated rings. The third-order valence-electron chi connectivity index (χ3n) is 14.1. The van der Waals surface area contributed by atoms with Crippen LogP contribution in [0.25, 0.3) is 110 Å². The average molecular weight is 867 g/mol. The number of allylic oxidation sites excluding steroid dienone is 4. The van der Waals surface area contributed by atoms with Crippen molar-refractivity contribution >= 4 is 43.1 Å². The topological polar surface area (TPSA) is 9.86 Å². The Bertz CT molecular complexity index is 3860.